The van der Waals surface area contributed by atoms with Crippen molar-refractivity contribution >= 4 is 15.6 Å². The van der Waals surface area contributed by atoms with Crippen LogP contribution < -0.4 is 0 Å². The van der Waals surface area contributed by atoms with E-state index in [1.165, 1.54) is 0 Å². The third-order valence-electron chi connectivity index (χ3n) is 2.97. The molecule has 0 spiro atoms. The molecular weight excluding hydrogens is 226 g/mol. The van der Waals surface area contributed by atoms with E-state index >= 15 is 0 Å². The Labute approximate surface area is 97.9 Å². The molecule has 1 aliphatic heterocycles. The van der Waals surface area contributed by atoms with E-state index in [0.717, 1.165) is 25.9 Å². The van der Waals surface area contributed by atoms with Gasteiger partial charge in [-0.05, 0) is 25.9 Å². The lowest BCUT2D eigenvalue weighted by molar-refractivity contribution is -0.118. The smallest absolute Gasteiger partial charge is 0.151 e. The van der Waals surface area contributed by atoms with Crippen LogP contribution in [0.15, 0.2) is 0 Å². The summed E-state index contributed by atoms with van der Waals surface area (Å²) >= 11 is 0. The lowest BCUT2D eigenvalue weighted by atomic mass is 10.2. The van der Waals surface area contributed by atoms with Crippen molar-refractivity contribution in [2.75, 3.05) is 31.1 Å². The lowest BCUT2D eigenvalue weighted by Crippen LogP contribution is -2.28. The van der Waals surface area contributed by atoms with Crippen LogP contribution in [0, 0.1) is 0 Å². The Morgan fingerprint density at radius 1 is 1.25 bits per heavy atom. The zero-order valence-corrected chi connectivity index (χ0v) is 10.8. The summed E-state index contributed by atoms with van der Waals surface area (Å²) in [6, 6.07) is 0. The third-order valence-corrected chi connectivity index (χ3v) is 4.69. The first-order valence-electron chi connectivity index (χ1n) is 5.98. The van der Waals surface area contributed by atoms with E-state index in [2.05, 4.69) is 4.90 Å². The van der Waals surface area contributed by atoms with Gasteiger partial charge in [-0.15, -0.1) is 0 Å². The van der Waals surface area contributed by atoms with Gasteiger partial charge in [-0.1, -0.05) is 6.92 Å². The van der Waals surface area contributed by atoms with Gasteiger partial charge >= 0.3 is 0 Å². The first-order chi connectivity index (χ1) is 7.53. The van der Waals surface area contributed by atoms with E-state index in [0.29, 0.717) is 30.9 Å². The summed E-state index contributed by atoms with van der Waals surface area (Å²) in [4.78, 5) is 13.3. The standard InChI is InChI=1S/C11H21NO3S/c1-2-11(13)5-3-6-12-7-4-9-16(14,15)10-8-12/h2-10H2,1H3. The second-order valence-corrected chi connectivity index (χ2v) is 6.65. The fraction of sp³-hybridized carbons (Fsp3) is 0.909. The molecule has 0 radical (unpaired) electrons. The largest absolute Gasteiger partial charge is 0.302 e. The zero-order valence-electron chi connectivity index (χ0n) is 9.94. The first-order valence-corrected chi connectivity index (χ1v) is 7.80. The molecule has 5 heteroatoms. The second kappa shape index (κ2) is 6.35. The number of sulfone groups is 1. The maximum absolute atomic E-state index is 11.4. The molecule has 0 aliphatic carbocycles. The summed E-state index contributed by atoms with van der Waals surface area (Å²) in [6.45, 7) is 4.20. The summed E-state index contributed by atoms with van der Waals surface area (Å²) in [5.41, 5.74) is 0. The minimum atomic E-state index is -2.81. The van der Waals surface area contributed by atoms with Gasteiger partial charge in [0.05, 0.1) is 11.5 Å². The van der Waals surface area contributed by atoms with Crippen LogP contribution in [0.1, 0.15) is 32.6 Å². The molecule has 0 atom stereocenters. The molecular formula is C11H21NO3S. The molecule has 4 nitrogen and oxygen atoms in total. The van der Waals surface area contributed by atoms with Gasteiger partial charge in [-0.3, -0.25) is 4.79 Å². The SMILES string of the molecule is CCC(=O)CCCN1CCCS(=O)(=O)CC1. The first kappa shape index (κ1) is 13.6. The Morgan fingerprint density at radius 2 is 2.00 bits per heavy atom. The number of ketones is 1. The maximum Gasteiger partial charge on any atom is 0.151 e. The zero-order chi connectivity index (χ0) is 12.0. The van der Waals surface area contributed by atoms with Crippen molar-refractivity contribution in [2.24, 2.45) is 0 Å². The second-order valence-electron chi connectivity index (χ2n) is 4.34. The van der Waals surface area contributed by atoms with Gasteiger partial charge < -0.3 is 4.90 Å². The fourth-order valence-electron chi connectivity index (χ4n) is 1.89. The highest BCUT2D eigenvalue weighted by Crippen LogP contribution is 2.06. The number of carbonyl (C=O) groups is 1. The fourth-order valence-corrected chi connectivity index (χ4v) is 3.20. The average Bonchev–Trinajstić information content (AvgIpc) is 2.40. The topological polar surface area (TPSA) is 54.5 Å². The molecule has 0 unspecified atom stereocenters. The van der Waals surface area contributed by atoms with Crippen molar-refractivity contribution in [3.63, 3.8) is 0 Å². The highest BCUT2D eigenvalue weighted by molar-refractivity contribution is 7.91. The molecule has 1 rings (SSSR count). The number of rotatable bonds is 5. The number of hydrogen-bond acceptors (Lipinski definition) is 4. The molecule has 94 valence electrons. The van der Waals surface area contributed by atoms with Crippen LogP contribution in [0.25, 0.3) is 0 Å². The number of carbonyl (C=O) groups excluding carboxylic acids is 1. The number of hydrogen-bond donors (Lipinski definition) is 0. The van der Waals surface area contributed by atoms with Crippen molar-refractivity contribution in [3.8, 4) is 0 Å². The summed E-state index contributed by atoms with van der Waals surface area (Å²) < 4.78 is 22.7. The molecule has 16 heavy (non-hydrogen) atoms. The normalized spacial score (nSPS) is 21.6. The summed E-state index contributed by atoms with van der Waals surface area (Å²) in [6.07, 6.45) is 2.81. The van der Waals surface area contributed by atoms with Crippen LogP contribution in [0.4, 0.5) is 0 Å². The Morgan fingerprint density at radius 3 is 2.69 bits per heavy atom. The van der Waals surface area contributed by atoms with Crippen molar-refractivity contribution < 1.29 is 13.2 Å². The molecule has 1 saturated heterocycles. The highest BCUT2D eigenvalue weighted by atomic mass is 32.2. The summed E-state index contributed by atoms with van der Waals surface area (Å²) in [7, 11) is -2.81. The van der Waals surface area contributed by atoms with Crippen LogP contribution in [0.3, 0.4) is 0 Å². The number of nitrogens with zero attached hydrogens (tertiary/aromatic N) is 1. The molecule has 0 bridgehead atoms. The minimum absolute atomic E-state index is 0.273. The van der Waals surface area contributed by atoms with Crippen LogP contribution in [-0.4, -0.2) is 50.2 Å². The summed E-state index contributed by atoms with van der Waals surface area (Å²) in [5.74, 6) is 0.883. The molecule has 0 aromatic heterocycles. The van der Waals surface area contributed by atoms with Crippen LogP contribution >= 0.6 is 0 Å². The van der Waals surface area contributed by atoms with Crippen molar-refractivity contribution in [3.05, 3.63) is 0 Å². The Balaban J connectivity index is 2.25. The van der Waals surface area contributed by atoms with Gasteiger partial charge in [0.25, 0.3) is 0 Å². The molecule has 1 aliphatic rings. The Hall–Kier alpha value is -0.420. The van der Waals surface area contributed by atoms with Gasteiger partial charge in [0.15, 0.2) is 9.84 Å². The van der Waals surface area contributed by atoms with E-state index in [-0.39, 0.29) is 5.75 Å². The van der Waals surface area contributed by atoms with Crippen LogP contribution in [-0.2, 0) is 14.6 Å². The quantitative estimate of drug-likeness (QED) is 0.723. The molecule has 0 aromatic carbocycles. The molecule has 1 heterocycles. The van der Waals surface area contributed by atoms with Crippen molar-refractivity contribution in [1.29, 1.82) is 0 Å². The molecule has 0 aromatic rings. The van der Waals surface area contributed by atoms with Gasteiger partial charge in [0, 0.05) is 19.4 Å². The van der Waals surface area contributed by atoms with E-state index in [4.69, 9.17) is 0 Å². The molecule has 0 amide bonds. The predicted molar refractivity (Wildman–Crippen MR) is 64.2 cm³/mol. The van der Waals surface area contributed by atoms with E-state index in [1.807, 2.05) is 6.92 Å². The Bertz CT molecular complexity index is 324. The maximum atomic E-state index is 11.4. The van der Waals surface area contributed by atoms with E-state index in [9.17, 15) is 13.2 Å². The minimum Gasteiger partial charge on any atom is -0.302 e. The van der Waals surface area contributed by atoms with Crippen molar-refractivity contribution in [2.45, 2.75) is 32.6 Å². The van der Waals surface area contributed by atoms with Crippen LogP contribution in [0.2, 0.25) is 0 Å². The monoisotopic (exact) mass is 247 g/mol. The van der Waals surface area contributed by atoms with Gasteiger partial charge in [0.1, 0.15) is 5.78 Å². The van der Waals surface area contributed by atoms with Gasteiger partial charge in [-0.25, -0.2) is 8.42 Å². The number of Topliss-reactive ketones (excluding diaryl/α,β-unsaturated/α-hetero) is 1. The average molecular weight is 247 g/mol. The Kier molecular flexibility index (Phi) is 5.41. The van der Waals surface area contributed by atoms with Gasteiger partial charge in [-0.2, -0.15) is 0 Å². The highest BCUT2D eigenvalue weighted by Gasteiger charge is 2.18. The van der Waals surface area contributed by atoms with Gasteiger partial charge in [0.2, 0.25) is 0 Å². The van der Waals surface area contributed by atoms with E-state index in [1.54, 1.807) is 0 Å². The van der Waals surface area contributed by atoms with Crippen LogP contribution in [0.5, 0.6) is 0 Å². The molecule has 0 saturated carbocycles. The lowest BCUT2D eigenvalue weighted by Gasteiger charge is -2.18. The third kappa shape index (κ3) is 5.07. The van der Waals surface area contributed by atoms with E-state index < -0.39 is 9.84 Å². The predicted octanol–water partition coefficient (Wildman–Crippen LogP) is 0.866. The summed E-state index contributed by atoms with van der Waals surface area (Å²) in [5, 5.41) is 0. The van der Waals surface area contributed by atoms with Crippen molar-refractivity contribution in [1.82, 2.24) is 4.90 Å². The molecule has 1 fully saturated rings. The molecule has 0 N–H and O–H groups in total.